The van der Waals surface area contributed by atoms with Crippen molar-refractivity contribution in [3.63, 3.8) is 0 Å². The summed E-state index contributed by atoms with van der Waals surface area (Å²) < 4.78 is 5.75. The molecule has 0 saturated carbocycles. The van der Waals surface area contributed by atoms with Crippen molar-refractivity contribution in [2.45, 2.75) is 38.8 Å². The molecule has 0 spiro atoms. The lowest BCUT2D eigenvalue weighted by molar-refractivity contribution is -0.113. The van der Waals surface area contributed by atoms with E-state index in [1.165, 1.54) is 0 Å². The lowest BCUT2D eigenvalue weighted by atomic mass is 9.88. The maximum atomic E-state index is 10.9. The lowest BCUT2D eigenvalue weighted by Gasteiger charge is -2.41. The summed E-state index contributed by atoms with van der Waals surface area (Å²) in [5, 5.41) is 0. The molecule has 0 N–H and O–H groups in total. The highest BCUT2D eigenvalue weighted by Gasteiger charge is 2.30. The molecule has 19 heavy (non-hydrogen) atoms. The minimum Gasteiger partial charge on any atom is -0.492 e. The normalized spacial score (nSPS) is 28.0. The molecule has 0 bridgehead atoms. The van der Waals surface area contributed by atoms with Crippen LogP contribution in [-0.4, -0.2) is 36.4 Å². The minimum absolute atomic E-state index is 0.233. The zero-order valence-corrected chi connectivity index (χ0v) is 11.8. The lowest BCUT2D eigenvalue weighted by Crippen LogP contribution is -2.48. The zero-order chi connectivity index (χ0) is 13.7. The third kappa shape index (κ3) is 3.80. The fourth-order valence-corrected chi connectivity index (χ4v) is 3.02. The molecule has 1 aliphatic heterocycles. The molecule has 3 heteroatoms. The third-order valence-corrected chi connectivity index (χ3v) is 3.97. The summed E-state index contributed by atoms with van der Waals surface area (Å²) in [6.07, 6.45) is 3.06. The van der Waals surface area contributed by atoms with Gasteiger partial charge in [0.25, 0.3) is 0 Å². The van der Waals surface area contributed by atoms with Crippen LogP contribution in [0.1, 0.15) is 26.7 Å². The van der Waals surface area contributed by atoms with Gasteiger partial charge in [-0.1, -0.05) is 18.2 Å². The van der Waals surface area contributed by atoms with Crippen LogP contribution >= 0.6 is 0 Å². The second-order valence-electron chi connectivity index (χ2n) is 5.46. The molecular weight excluding hydrogens is 238 g/mol. The minimum atomic E-state index is 0.233. The summed E-state index contributed by atoms with van der Waals surface area (Å²) in [5.41, 5.74) is 0. The number of hydrogen-bond acceptors (Lipinski definition) is 3. The van der Waals surface area contributed by atoms with Gasteiger partial charge >= 0.3 is 0 Å². The summed E-state index contributed by atoms with van der Waals surface area (Å²) in [4.78, 5) is 13.4. The number of carbonyl (C=O) groups is 1. The van der Waals surface area contributed by atoms with Gasteiger partial charge in [-0.05, 0) is 38.8 Å². The number of nitrogens with zero attached hydrogens (tertiary/aromatic N) is 1. The van der Waals surface area contributed by atoms with Crippen LogP contribution in [0.3, 0.4) is 0 Å². The van der Waals surface area contributed by atoms with Gasteiger partial charge in [0.2, 0.25) is 0 Å². The Morgan fingerprint density at radius 2 is 1.84 bits per heavy atom. The Bertz CT molecular complexity index is 381. The molecule has 1 fully saturated rings. The maximum absolute atomic E-state index is 10.9. The topological polar surface area (TPSA) is 29.5 Å². The predicted octanol–water partition coefficient (Wildman–Crippen LogP) is 2.75. The van der Waals surface area contributed by atoms with Crippen LogP contribution in [-0.2, 0) is 4.79 Å². The third-order valence-electron chi connectivity index (χ3n) is 3.97. The molecule has 1 aliphatic rings. The van der Waals surface area contributed by atoms with E-state index in [2.05, 4.69) is 18.7 Å². The predicted molar refractivity (Wildman–Crippen MR) is 76.4 cm³/mol. The van der Waals surface area contributed by atoms with Crippen molar-refractivity contribution < 1.29 is 9.53 Å². The molecule has 0 aromatic heterocycles. The zero-order valence-electron chi connectivity index (χ0n) is 11.8. The summed E-state index contributed by atoms with van der Waals surface area (Å²) in [7, 11) is 0. The molecule has 1 unspecified atom stereocenters. The van der Waals surface area contributed by atoms with Gasteiger partial charge in [0.15, 0.2) is 0 Å². The van der Waals surface area contributed by atoms with Crippen molar-refractivity contribution in [3.05, 3.63) is 30.3 Å². The van der Waals surface area contributed by atoms with E-state index in [-0.39, 0.29) is 5.92 Å². The molecule has 0 radical (unpaired) electrons. The Labute approximate surface area is 115 Å². The van der Waals surface area contributed by atoms with E-state index in [4.69, 9.17) is 4.74 Å². The van der Waals surface area contributed by atoms with Gasteiger partial charge in [-0.25, -0.2) is 0 Å². The summed E-state index contributed by atoms with van der Waals surface area (Å²) in [6.45, 7) is 6.02. The fraction of sp³-hybridized carbons (Fsp3) is 0.562. The Morgan fingerprint density at radius 1 is 1.21 bits per heavy atom. The second-order valence-corrected chi connectivity index (χ2v) is 5.46. The number of ether oxygens (including phenoxy) is 1. The Kier molecular flexibility index (Phi) is 4.97. The molecule has 0 aliphatic carbocycles. The smallest absolute Gasteiger partial charge is 0.123 e. The standard InChI is InChI=1S/C16H23NO2/c1-13-10-15(12-18)11-14(2)17(13)8-9-19-16-6-4-3-5-7-16/h3-7,12-15H,8-11H2,1-2H3/t13-,14+,15?. The van der Waals surface area contributed by atoms with Gasteiger partial charge in [0.05, 0.1) is 0 Å². The molecule has 1 aromatic rings. The number of rotatable bonds is 5. The van der Waals surface area contributed by atoms with Crippen molar-refractivity contribution in [3.8, 4) is 5.75 Å². The van der Waals surface area contributed by atoms with E-state index in [0.717, 1.165) is 31.4 Å². The first-order chi connectivity index (χ1) is 9.20. The van der Waals surface area contributed by atoms with E-state index in [1.807, 2.05) is 30.3 Å². The number of aldehydes is 1. The number of benzene rings is 1. The fourth-order valence-electron chi connectivity index (χ4n) is 3.02. The van der Waals surface area contributed by atoms with Crippen LogP contribution in [0.15, 0.2) is 30.3 Å². The van der Waals surface area contributed by atoms with Gasteiger partial charge in [-0.2, -0.15) is 0 Å². The van der Waals surface area contributed by atoms with Gasteiger partial charge < -0.3 is 9.53 Å². The SMILES string of the molecule is C[C@@H]1CC(C=O)C[C@H](C)N1CCOc1ccccc1. The van der Waals surface area contributed by atoms with E-state index in [0.29, 0.717) is 18.7 Å². The molecule has 2 rings (SSSR count). The summed E-state index contributed by atoms with van der Waals surface area (Å²) in [6, 6.07) is 10.8. The van der Waals surface area contributed by atoms with Gasteiger partial charge in [0.1, 0.15) is 18.6 Å². The number of hydrogen-bond donors (Lipinski definition) is 0. The Balaban J connectivity index is 1.80. The van der Waals surface area contributed by atoms with Crippen molar-refractivity contribution >= 4 is 6.29 Å². The number of likely N-dealkylation sites (tertiary alicyclic amines) is 1. The van der Waals surface area contributed by atoms with Crippen LogP contribution in [0.5, 0.6) is 5.75 Å². The van der Waals surface area contributed by atoms with E-state index in [9.17, 15) is 4.79 Å². The number of carbonyl (C=O) groups excluding carboxylic acids is 1. The van der Waals surface area contributed by atoms with Crippen molar-refractivity contribution in [1.29, 1.82) is 0 Å². The molecule has 1 saturated heterocycles. The van der Waals surface area contributed by atoms with E-state index >= 15 is 0 Å². The van der Waals surface area contributed by atoms with Crippen LogP contribution in [0.2, 0.25) is 0 Å². The first kappa shape index (κ1) is 14.1. The highest BCUT2D eigenvalue weighted by molar-refractivity contribution is 5.53. The Morgan fingerprint density at radius 3 is 2.42 bits per heavy atom. The molecular formula is C16H23NO2. The summed E-state index contributed by atoms with van der Waals surface area (Å²) in [5.74, 6) is 1.15. The number of piperidine rings is 1. The summed E-state index contributed by atoms with van der Waals surface area (Å²) >= 11 is 0. The van der Waals surface area contributed by atoms with Crippen molar-refractivity contribution in [1.82, 2.24) is 4.90 Å². The monoisotopic (exact) mass is 261 g/mol. The number of para-hydroxylation sites is 1. The van der Waals surface area contributed by atoms with Crippen LogP contribution in [0.25, 0.3) is 0 Å². The first-order valence-corrected chi connectivity index (χ1v) is 7.09. The molecule has 3 nitrogen and oxygen atoms in total. The van der Waals surface area contributed by atoms with Crippen molar-refractivity contribution in [2.75, 3.05) is 13.2 Å². The van der Waals surface area contributed by atoms with E-state index in [1.54, 1.807) is 0 Å². The average molecular weight is 261 g/mol. The quantitative estimate of drug-likeness (QED) is 0.763. The van der Waals surface area contributed by atoms with Gasteiger partial charge in [0, 0.05) is 24.5 Å². The van der Waals surface area contributed by atoms with Crippen LogP contribution < -0.4 is 4.74 Å². The highest BCUT2D eigenvalue weighted by atomic mass is 16.5. The van der Waals surface area contributed by atoms with E-state index < -0.39 is 0 Å². The largest absolute Gasteiger partial charge is 0.492 e. The van der Waals surface area contributed by atoms with Crippen LogP contribution in [0.4, 0.5) is 0 Å². The molecule has 104 valence electrons. The Hall–Kier alpha value is -1.35. The second kappa shape index (κ2) is 6.71. The molecule has 3 atom stereocenters. The first-order valence-electron chi connectivity index (χ1n) is 7.09. The van der Waals surface area contributed by atoms with Gasteiger partial charge in [-0.15, -0.1) is 0 Å². The molecule has 1 aromatic carbocycles. The van der Waals surface area contributed by atoms with Crippen LogP contribution in [0, 0.1) is 5.92 Å². The maximum Gasteiger partial charge on any atom is 0.123 e. The molecule has 1 heterocycles. The average Bonchev–Trinajstić information content (AvgIpc) is 2.42. The highest BCUT2D eigenvalue weighted by Crippen LogP contribution is 2.26. The van der Waals surface area contributed by atoms with Gasteiger partial charge in [-0.3, -0.25) is 4.90 Å². The molecule has 0 amide bonds. The van der Waals surface area contributed by atoms with Crippen molar-refractivity contribution in [2.24, 2.45) is 5.92 Å².